The highest BCUT2D eigenvalue weighted by atomic mass is 16.5. The highest BCUT2D eigenvalue weighted by Crippen LogP contribution is 2.30. The van der Waals surface area contributed by atoms with E-state index in [1.165, 1.54) is 11.1 Å². The Morgan fingerprint density at radius 2 is 2.00 bits per heavy atom. The summed E-state index contributed by atoms with van der Waals surface area (Å²) in [6.07, 6.45) is 0.874. The topological polar surface area (TPSA) is 35.5 Å². The lowest BCUT2D eigenvalue weighted by atomic mass is 9.89. The molecule has 0 N–H and O–H groups in total. The average Bonchev–Trinajstić information content (AvgIpc) is 2.35. The Balaban J connectivity index is 2.07. The zero-order valence-corrected chi connectivity index (χ0v) is 12.2. The molecule has 1 aromatic rings. The van der Waals surface area contributed by atoms with Crippen molar-refractivity contribution in [3.8, 4) is 5.75 Å². The van der Waals surface area contributed by atoms with Gasteiger partial charge in [-0.25, -0.2) is 0 Å². The van der Waals surface area contributed by atoms with Crippen LogP contribution in [0.2, 0.25) is 0 Å². The van der Waals surface area contributed by atoms with Gasteiger partial charge in [0.15, 0.2) is 11.9 Å². The maximum Gasteiger partial charge on any atom is 0.169 e. The third-order valence-corrected chi connectivity index (χ3v) is 3.60. The van der Waals surface area contributed by atoms with Gasteiger partial charge in [-0.15, -0.1) is 0 Å². The Morgan fingerprint density at radius 1 is 1.26 bits per heavy atom. The van der Waals surface area contributed by atoms with Crippen LogP contribution < -0.4 is 4.74 Å². The van der Waals surface area contributed by atoms with E-state index in [1.807, 2.05) is 19.9 Å². The number of ketones is 1. The smallest absolute Gasteiger partial charge is 0.169 e. The maximum absolute atomic E-state index is 11.6. The second kappa shape index (κ2) is 5.74. The minimum absolute atomic E-state index is 0.126. The third-order valence-electron chi connectivity index (χ3n) is 3.60. The lowest BCUT2D eigenvalue weighted by molar-refractivity contribution is -0.154. The number of hydrogen-bond donors (Lipinski definition) is 0. The molecule has 0 radical (unpaired) electrons. The van der Waals surface area contributed by atoms with Crippen LogP contribution in [0.25, 0.3) is 0 Å². The molecule has 0 amide bonds. The summed E-state index contributed by atoms with van der Waals surface area (Å²) in [5, 5.41) is 0. The SMILES string of the molecule is CCCOC1C(=O)CC1Oc1cc(C)cc(C)c1C. The van der Waals surface area contributed by atoms with Crippen LogP contribution in [0, 0.1) is 20.8 Å². The molecule has 104 valence electrons. The molecule has 1 aromatic carbocycles. The molecule has 1 fully saturated rings. The largest absolute Gasteiger partial charge is 0.486 e. The first-order chi connectivity index (χ1) is 9.02. The fraction of sp³-hybridized carbons (Fsp3) is 0.562. The Bertz CT molecular complexity index is 479. The van der Waals surface area contributed by atoms with Crippen molar-refractivity contribution in [1.82, 2.24) is 0 Å². The van der Waals surface area contributed by atoms with Crippen LogP contribution in [0.4, 0.5) is 0 Å². The zero-order chi connectivity index (χ0) is 14.0. The van der Waals surface area contributed by atoms with Gasteiger partial charge in [-0.1, -0.05) is 13.0 Å². The second-order valence-corrected chi connectivity index (χ2v) is 5.32. The summed E-state index contributed by atoms with van der Waals surface area (Å²) in [5.41, 5.74) is 3.53. The van der Waals surface area contributed by atoms with Crippen LogP contribution >= 0.6 is 0 Å². The summed E-state index contributed by atoms with van der Waals surface area (Å²) in [6.45, 7) is 8.82. The van der Waals surface area contributed by atoms with E-state index in [-0.39, 0.29) is 18.0 Å². The highest BCUT2D eigenvalue weighted by Gasteiger charge is 2.42. The molecular weight excluding hydrogens is 240 g/mol. The van der Waals surface area contributed by atoms with Gasteiger partial charge in [-0.2, -0.15) is 0 Å². The van der Waals surface area contributed by atoms with E-state index in [2.05, 4.69) is 19.9 Å². The molecule has 19 heavy (non-hydrogen) atoms. The number of hydrogen-bond acceptors (Lipinski definition) is 3. The van der Waals surface area contributed by atoms with Gasteiger partial charge >= 0.3 is 0 Å². The van der Waals surface area contributed by atoms with Gasteiger partial charge in [-0.3, -0.25) is 4.79 Å². The zero-order valence-electron chi connectivity index (χ0n) is 12.2. The van der Waals surface area contributed by atoms with E-state index < -0.39 is 0 Å². The number of carbonyl (C=O) groups excluding carboxylic acids is 1. The highest BCUT2D eigenvalue weighted by molar-refractivity contribution is 5.90. The lowest BCUT2D eigenvalue weighted by Crippen LogP contribution is -2.52. The van der Waals surface area contributed by atoms with Crippen LogP contribution in [-0.2, 0) is 9.53 Å². The number of ether oxygens (including phenoxy) is 2. The molecule has 1 saturated carbocycles. The van der Waals surface area contributed by atoms with Crippen LogP contribution in [0.1, 0.15) is 36.5 Å². The Morgan fingerprint density at radius 3 is 2.63 bits per heavy atom. The summed E-state index contributed by atoms with van der Waals surface area (Å²) in [4.78, 5) is 11.6. The molecule has 0 spiro atoms. The van der Waals surface area contributed by atoms with Crippen LogP contribution in [0.3, 0.4) is 0 Å². The van der Waals surface area contributed by atoms with Crippen molar-refractivity contribution in [2.45, 2.75) is 52.7 Å². The Hall–Kier alpha value is -1.35. The van der Waals surface area contributed by atoms with Gasteiger partial charge in [0.2, 0.25) is 0 Å². The Labute approximate surface area is 114 Å². The number of benzene rings is 1. The molecule has 0 saturated heterocycles. The normalized spacial score (nSPS) is 22.2. The Kier molecular flexibility index (Phi) is 4.25. The molecular formula is C16H22O3. The van der Waals surface area contributed by atoms with Crippen LogP contribution in [0.5, 0.6) is 5.75 Å². The monoisotopic (exact) mass is 262 g/mol. The third kappa shape index (κ3) is 2.98. The van der Waals surface area contributed by atoms with Gasteiger partial charge in [0.1, 0.15) is 11.9 Å². The second-order valence-electron chi connectivity index (χ2n) is 5.32. The van der Waals surface area contributed by atoms with E-state index in [9.17, 15) is 4.79 Å². The molecule has 3 nitrogen and oxygen atoms in total. The first-order valence-electron chi connectivity index (χ1n) is 6.91. The van der Waals surface area contributed by atoms with Crippen LogP contribution in [0.15, 0.2) is 12.1 Å². The van der Waals surface area contributed by atoms with Crippen molar-refractivity contribution in [2.24, 2.45) is 0 Å². The molecule has 3 heteroatoms. The predicted molar refractivity (Wildman–Crippen MR) is 74.7 cm³/mol. The standard InChI is InChI=1S/C16H22O3/c1-5-6-18-16-13(17)9-15(16)19-14-8-10(2)7-11(3)12(14)4/h7-8,15-16H,5-6,9H2,1-4H3. The van der Waals surface area contributed by atoms with E-state index >= 15 is 0 Å². The summed E-state index contributed by atoms with van der Waals surface area (Å²) < 4.78 is 11.5. The van der Waals surface area contributed by atoms with E-state index in [0.29, 0.717) is 13.0 Å². The minimum Gasteiger partial charge on any atom is -0.486 e. The van der Waals surface area contributed by atoms with Gasteiger partial charge < -0.3 is 9.47 Å². The lowest BCUT2D eigenvalue weighted by Gasteiger charge is -2.35. The van der Waals surface area contributed by atoms with Crippen molar-refractivity contribution in [3.05, 3.63) is 28.8 Å². The number of rotatable bonds is 5. The first-order valence-corrected chi connectivity index (χ1v) is 6.91. The van der Waals surface area contributed by atoms with Crippen LogP contribution in [-0.4, -0.2) is 24.6 Å². The molecule has 0 heterocycles. The molecule has 1 aliphatic carbocycles. The summed E-state index contributed by atoms with van der Waals surface area (Å²) in [6, 6.07) is 4.17. The van der Waals surface area contributed by atoms with Gasteiger partial charge in [-0.05, 0) is 49.9 Å². The molecule has 0 aromatic heterocycles. The van der Waals surface area contributed by atoms with Crippen molar-refractivity contribution in [3.63, 3.8) is 0 Å². The van der Waals surface area contributed by atoms with Gasteiger partial charge in [0.25, 0.3) is 0 Å². The summed E-state index contributed by atoms with van der Waals surface area (Å²) in [7, 11) is 0. The fourth-order valence-electron chi connectivity index (χ4n) is 2.30. The molecule has 0 aliphatic heterocycles. The fourth-order valence-corrected chi connectivity index (χ4v) is 2.30. The quantitative estimate of drug-likeness (QED) is 0.818. The van der Waals surface area contributed by atoms with Crippen molar-refractivity contribution >= 4 is 5.78 Å². The van der Waals surface area contributed by atoms with E-state index in [1.54, 1.807) is 0 Å². The minimum atomic E-state index is -0.375. The number of Topliss-reactive ketones (excluding diaryl/α,β-unsaturated/α-hetero) is 1. The van der Waals surface area contributed by atoms with Gasteiger partial charge in [0.05, 0.1) is 0 Å². The summed E-state index contributed by atoms with van der Waals surface area (Å²) >= 11 is 0. The molecule has 0 bridgehead atoms. The maximum atomic E-state index is 11.6. The molecule has 2 unspecified atom stereocenters. The van der Waals surface area contributed by atoms with Crippen molar-refractivity contribution < 1.29 is 14.3 Å². The molecule has 1 aliphatic rings. The first kappa shape index (κ1) is 14.1. The van der Waals surface area contributed by atoms with E-state index in [0.717, 1.165) is 17.7 Å². The van der Waals surface area contributed by atoms with Gasteiger partial charge in [0, 0.05) is 13.0 Å². The number of carbonyl (C=O) groups is 1. The van der Waals surface area contributed by atoms with Crippen molar-refractivity contribution in [2.75, 3.05) is 6.61 Å². The predicted octanol–water partition coefficient (Wildman–Crippen LogP) is 3.13. The average molecular weight is 262 g/mol. The molecule has 2 rings (SSSR count). The summed E-state index contributed by atoms with van der Waals surface area (Å²) in [5.74, 6) is 1.03. The van der Waals surface area contributed by atoms with Crippen molar-refractivity contribution in [1.29, 1.82) is 0 Å². The molecule has 2 atom stereocenters. The van der Waals surface area contributed by atoms with E-state index in [4.69, 9.17) is 9.47 Å². The number of aryl methyl sites for hydroxylation is 2.